The third-order valence-electron chi connectivity index (χ3n) is 2.74. The highest BCUT2D eigenvalue weighted by molar-refractivity contribution is 5.87. The summed E-state index contributed by atoms with van der Waals surface area (Å²) in [6, 6.07) is 9.20. The van der Waals surface area contributed by atoms with Gasteiger partial charge in [0.25, 0.3) is 0 Å². The molecule has 2 aromatic carbocycles. The fraction of sp³-hybridized carbons (Fsp3) is 0.133. The molecule has 2 aromatic rings. The van der Waals surface area contributed by atoms with E-state index in [4.69, 9.17) is 9.84 Å². The van der Waals surface area contributed by atoms with Crippen LogP contribution in [0.1, 0.15) is 21.5 Å². The Labute approximate surface area is 110 Å². The summed E-state index contributed by atoms with van der Waals surface area (Å²) in [5.41, 5.74) is 1.78. The molecule has 0 atom stereocenters. The zero-order chi connectivity index (χ0) is 14.0. The first-order valence-corrected chi connectivity index (χ1v) is 5.75. The Morgan fingerprint density at radius 2 is 1.84 bits per heavy atom. The summed E-state index contributed by atoms with van der Waals surface area (Å²) < 4.78 is 19.2. The van der Waals surface area contributed by atoms with Gasteiger partial charge in [-0.2, -0.15) is 0 Å². The highest BCUT2D eigenvalue weighted by Gasteiger charge is 2.11. The zero-order valence-corrected chi connectivity index (χ0v) is 10.6. The van der Waals surface area contributed by atoms with Gasteiger partial charge in [-0.15, -0.1) is 0 Å². The van der Waals surface area contributed by atoms with Crippen molar-refractivity contribution in [3.8, 4) is 11.5 Å². The molecule has 0 aliphatic heterocycles. The number of ether oxygens (including phenoxy) is 1. The Bertz CT molecular complexity index is 635. The van der Waals surface area contributed by atoms with Gasteiger partial charge in [-0.05, 0) is 49.2 Å². The summed E-state index contributed by atoms with van der Waals surface area (Å²) in [7, 11) is 0. The van der Waals surface area contributed by atoms with Gasteiger partial charge in [0, 0.05) is 0 Å². The maximum absolute atomic E-state index is 13.7. The van der Waals surface area contributed by atoms with Crippen LogP contribution < -0.4 is 4.74 Å². The Balaban J connectivity index is 2.33. The third-order valence-corrected chi connectivity index (χ3v) is 2.74. The van der Waals surface area contributed by atoms with Gasteiger partial charge in [0.1, 0.15) is 5.75 Å². The molecule has 4 heteroatoms. The summed E-state index contributed by atoms with van der Waals surface area (Å²) in [5, 5.41) is 8.76. The largest absolute Gasteiger partial charge is 0.478 e. The topological polar surface area (TPSA) is 46.5 Å². The molecule has 0 heterocycles. The lowest BCUT2D eigenvalue weighted by Crippen LogP contribution is -1.98. The number of aromatic carboxylic acids is 1. The van der Waals surface area contributed by atoms with Crippen LogP contribution in [0.25, 0.3) is 0 Å². The van der Waals surface area contributed by atoms with Crippen molar-refractivity contribution < 1.29 is 19.0 Å². The SMILES string of the molecule is Cc1ccc(C)c(Oc2ccc(C(=O)O)cc2F)c1. The van der Waals surface area contributed by atoms with Crippen molar-refractivity contribution in [2.24, 2.45) is 0 Å². The van der Waals surface area contributed by atoms with E-state index in [1.54, 1.807) is 6.07 Å². The van der Waals surface area contributed by atoms with Gasteiger partial charge >= 0.3 is 5.97 Å². The van der Waals surface area contributed by atoms with E-state index >= 15 is 0 Å². The molecule has 2 rings (SSSR count). The number of hydrogen-bond donors (Lipinski definition) is 1. The van der Waals surface area contributed by atoms with Crippen molar-refractivity contribution >= 4 is 5.97 Å². The second-order valence-corrected chi connectivity index (χ2v) is 4.32. The number of halogens is 1. The van der Waals surface area contributed by atoms with Crippen LogP contribution in [0.15, 0.2) is 36.4 Å². The first-order chi connectivity index (χ1) is 8.97. The van der Waals surface area contributed by atoms with Gasteiger partial charge in [-0.1, -0.05) is 12.1 Å². The standard InChI is InChI=1S/C15H13FO3/c1-9-3-4-10(2)14(7-9)19-13-6-5-11(15(17)18)8-12(13)16/h3-8H,1-2H3,(H,17,18). The van der Waals surface area contributed by atoms with Crippen LogP contribution in [0.4, 0.5) is 4.39 Å². The van der Waals surface area contributed by atoms with E-state index in [9.17, 15) is 9.18 Å². The van der Waals surface area contributed by atoms with E-state index in [1.165, 1.54) is 12.1 Å². The van der Waals surface area contributed by atoms with Crippen molar-refractivity contribution in [2.45, 2.75) is 13.8 Å². The molecule has 0 radical (unpaired) electrons. The molecule has 0 unspecified atom stereocenters. The van der Waals surface area contributed by atoms with Gasteiger partial charge in [-0.25, -0.2) is 9.18 Å². The number of rotatable bonds is 3. The number of aryl methyl sites for hydroxylation is 2. The first kappa shape index (κ1) is 13.1. The minimum atomic E-state index is -1.17. The summed E-state index contributed by atoms with van der Waals surface area (Å²) in [6.45, 7) is 3.77. The number of benzene rings is 2. The van der Waals surface area contributed by atoms with Crippen LogP contribution >= 0.6 is 0 Å². The van der Waals surface area contributed by atoms with Crippen LogP contribution in [0.3, 0.4) is 0 Å². The lowest BCUT2D eigenvalue weighted by molar-refractivity contribution is 0.0696. The minimum absolute atomic E-state index is 0.0127. The minimum Gasteiger partial charge on any atom is -0.478 e. The number of hydrogen-bond acceptors (Lipinski definition) is 2. The molecule has 98 valence electrons. The quantitative estimate of drug-likeness (QED) is 0.909. The van der Waals surface area contributed by atoms with Crippen molar-refractivity contribution in [1.29, 1.82) is 0 Å². The monoisotopic (exact) mass is 260 g/mol. The Morgan fingerprint density at radius 3 is 2.47 bits per heavy atom. The molecule has 1 N–H and O–H groups in total. The molecule has 0 saturated carbocycles. The number of carboxylic acid groups (broad SMARTS) is 1. The van der Waals surface area contributed by atoms with E-state index in [0.29, 0.717) is 5.75 Å². The van der Waals surface area contributed by atoms with E-state index < -0.39 is 11.8 Å². The van der Waals surface area contributed by atoms with Crippen molar-refractivity contribution in [1.82, 2.24) is 0 Å². The lowest BCUT2D eigenvalue weighted by Gasteiger charge is -2.10. The predicted octanol–water partition coefficient (Wildman–Crippen LogP) is 3.93. The normalized spacial score (nSPS) is 10.3. The first-order valence-electron chi connectivity index (χ1n) is 5.75. The Kier molecular flexibility index (Phi) is 3.51. The molecule has 3 nitrogen and oxygen atoms in total. The summed E-state index contributed by atoms with van der Waals surface area (Å²) in [4.78, 5) is 10.7. The van der Waals surface area contributed by atoms with Crippen LogP contribution in [-0.4, -0.2) is 11.1 Å². The van der Waals surface area contributed by atoms with Gasteiger partial charge in [0.05, 0.1) is 5.56 Å². The molecule has 0 spiro atoms. The fourth-order valence-corrected chi connectivity index (χ4v) is 1.65. The van der Waals surface area contributed by atoms with E-state index in [2.05, 4.69) is 0 Å². The average molecular weight is 260 g/mol. The molecule has 0 aliphatic carbocycles. The maximum Gasteiger partial charge on any atom is 0.335 e. The Morgan fingerprint density at radius 1 is 1.11 bits per heavy atom. The number of carbonyl (C=O) groups is 1. The maximum atomic E-state index is 13.7. The third kappa shape index (κ3) is 2.91. The molecule has 0 amide bonds. The van der Waals surface area contributed by atoms with Gasteiger partial charge in [0.15, 0.2) is 11.6 Å². The molecule has 0 aromatic heterocycles. The summed E-state index contributed by atoms with van der Waals surface area (Å²) >= 11 is 0. The van der Waals surface area contributed by atoms with Gasteiger partial charge < -0.3 is 9.84 Å². The average Bonchev–Trinajstić information content (AvgIpc) is 2.36. The molecule has 0 fully saturated rings. The molecule has 0 aliphatic rings. The lowest BCUT2D eigenvalue weighted by atomic mass is 10.1. The van der Waals surface area contributed by atoms with E-state index in [-0.39, 0.29) is 11.3 Å². The second-order valence-electron chi connectivity index (χ2n) is 4.32. The summed E-state index contributed by atoms with van der Waals surface area (Å²) in [5.74, 6) is -1.29. The second kappa shape index (κ2) is 5.10. The van der Waals surface area contributed by atoms with Gasteiger partial charge in [0.2, 0.25) is 0 Å². The predicted molar refractivity (Wildman–Crippen MR) is 69.3 cm³/mol. The molecular weight excluding hydrogens is 247 g/mol. The molecule has 19 heavy (non-hydrogen) atoms. The van der Waals surface area contributed by atoms with Crippen LogP contribution in [0, 0.1) is 19.7 Å². The van der Waals surface area contributed by atoms with Crippen LogP contribution in [0.2, 0.25) is 0 Å². The number of carboxylic acids is 1. The van der Waals surface area contributed by atoms with Crippen LogP contribution in [-0.2, 0) is 0 Å². The van der Waals surface area contributed by atoms with Crippen LogP contribution in [0.5, 0.6) is 11.5 Å². The fourth-order valence-electron chi connectivity index (χ4n) is 1.65. The van der Waals surface area contributed by atoms with E-state index in [0.717, 1.165) is 17.2 Å². The van der Waals surface area contributed by atoms with Crippen molar-refractivity contribution in [2.75, 3.05) is 0 Å². The molecular formula is C15H13FO3. The molecule has 0 bridgehead atoms. The van der Waals surface area contributed by atoms with Gasteiger partial charge in [-0.3, -0.25) is 0 Å². The molecule has 0 saturated heterocycles. The highest BCUT2D eigenvalue weighted by Crippen LogP contribution is 2.28. The smallest absolute Gasteiger partial charge is 0.335 e. The Hall–Kier alpha value is -2.36. The summed E-state index contributed by atoms with van der Waals surface area (Å²) in [6.07, 6.45) is 0. The zero-order valence-electron chi connectivity index (χ0n) is 10.6. The van der Waals surface area contributed by atoms with Crippen molar-refractivity contribution in [3.63, 3.8) is 0 Å². The highest BCUT2D eigenvalue weighted by atomic mass is 19.1. The van der Waals surface area contributed by atoms with E-state index in [1.807, 2.05) is 26.0 Å². The van der Waals surface area contributed by atoms with Crippen molar-refractivity contribution in [3.05, 3.63) is 58.9 Å².